The number of fused-ring (bicyclic) bond motifs is 1. The van der Waals surface area contributed by atoms with Crippen LogP contribution in [0.15, 0.2) is 41.0 Å². The molecule has 23 heavy (non-hydrogen) atoms. The summed E-state index contributed by atoms with van der Waals surface area (Å²) in [6.45, 7) is 0. The lowest BCUT2D eigenvalue weighted by molar-refractivity contribution is -0.138. The van der Waals surface area contributed by atoms with Crippen LogP contribution < -0.4 is 10.9 Å². The summed E-state index contributed by atoms with van der Waals surface area (Å²) in [5.41, 5.74) is -0.373. The molecule has 0 aliphatic rings. The summed E-state index contributed by atoms with van der Waals surface area (Å²) in [6, 6.07) is 4.19. The largest absolute Gasteiger partial charge is 0.466 e. The van der Waals surface area contributed by atoms with Gasteiger partial charge < -0.3 is 19.8 Å². The molecule has 0 spiro atoms. The van der Waals surface area contributed by atoms with Gasteiger partial charge in [-0.2, -0.15) is 0 Å². The van der Waals surface area contributed by atoms with Crippen molar-refractivity contribution in [2.75, 3.05) is 19.5 Å². The van der Waals surface area contributed by atoms with E-state index >= 15 is 0 Å². The SMILES string of the molecule is COC(=O)/C=C(/Nc1ccc2c(F)c[nH]c(=O)c2c1)C(=O)OC. The Labute approximate surface area is 129 Å². The molecule has 7 nitrogen and oxygen atoms in total. The number of ether oxygens (including phenoxy) is 2. The van der Waals surface area contributed by atoms with Crippen molar-refractivity contribution in [3.05, 3.63) is 52.3 Å². The monoisotopic (exact) mass is 320 g/mol. The van der Waals surface area contributed by atoms with E-state index in [0.717, 1.165) is 26.5 Å². The number of aromatic amines is 1. The van der Waals surface area contributed by atoms with Gasteiger partial charge >= 0.3 is 11.9 Å². The lowest BCUT2D eigenvalue weighted by Crippen LogP contribution is -2.16. The molecular weight excluding hydrogens is 307 g/mol. The fourth-order valence-corrected chi connectivity index (χ4v) is 1.89. The molecule has 0 unspecified atom stereocenters. The van der Waals surface area contributed by atoms with Crippen LogP contribution in [0.5, 0.6) is 0 Å². The number of aromatic nitrogens is 1. The van der Waals surface area contributed by atoms with E-state index in [1.807, 2.05) is 0 Å². The van der Waals surface area contributed by atoms with Crippen molar-refractivity contribution < 1.29 is 23.5 Å². The fourth-order valence-electron chi connectivity index (χ4n) is 1.89. The van der Waals surface area contributed by atoms with Gasteiger partial charge in [0.1, 0.15) is 11.5 Å². The highest BCUT2D eigenvalue weighted by atomic mass is 19.1. The zero-order valence-corrected chi connectivity index (χ0v) is 12.3. The number of pyridine rings is 1. The Balaban J connectivity index is 2.45. The second-order valence-corrected chi connectivity index (χ2v) is 4.42. The minimum absolute atomic E-state index is 0.0947. The molecule has 0 amide bonds. The lowest BCUT2D eigenvalue weighted by Gasteiger charge is -2.10. The van der Waals surface area contributed by atoms with Crippen molar-refractivity contribution in [1.29, 1.82) is 0 Å². The van der Waals surface area contributed by atoms with Gasteiger partial charge in [-0.1, -0.05) is 0 Å². The van der Waals surface area contributed by atoms with Crippen molar-refractivity contribution in [3.63, 3.8) is 0 Å². The van der Waals surface area contributed by atoms with E-state index in [1.165, 1.54) is 18.2 Å². The number of hydrogen-bond acceptors (Lipinski definition) is 6. The van der Waals surface area contributed by atoms with Gasteiger partial charge in [0.15, 0.2) is 0 Å². The number of nitrogens with one attached hydrogen (secondary N) is 2. The number of carbonyl (C=O) groups excluding carboxylic acids is 2. The summed E-state index contributed by atoms with van der Waals surface area (Å²) in [5.74, 6) is -2.14. The molecule has 0 radical (unpaired) electrons. The highest BCUT2D eigenvalue weighted by Gasteiger charge is 2.14. The predicted octanol–water partition coefficient (Wildman–Crippen LogP) is 1.31. The smallest absolute Gasteiger partial charge is 0.354 e. The number of benzene rings is 1. The first-order valence-corrected chi connectivity index (χ1v) is 6.42. The van der Waals surface area contributed by atoms with E-state index in [4.69, 9.17) is 0 Å². The van der Waals surface area contributed by atoms with Gasteiger partial charge in [-0.3, -0.25) is 4.79 Å². The maximum Gasteiger partial charge on any atom is 0.354 e. The van der Waals surface area contributed by atoms with Gasteiger partial charge in [-0.05, 0) is 18.2 Å². The van der Waals surface area contributed by atoms with Gasteiger partial charge in [0.2, 0.25) is 0 Å². The van der Waals surface area contributed by atoms with Gasteiger partial charge in [-0.25, -0.2) is 14.0 Å². The fraction of sp³-hybridized carbons (Fsp3) is 0.133. The van der Waals surface area contributed by atoms with E-state index in [2.05, 4.69) is 19.8 Å². The molecule has 2 rings (SSSR count). The van der Waals surface area contributed by atoms with Gasteiger partial charge in [0.25, 0.3) is 5.56 Å². The Bertz CT molecular complexity index is 857. The molecule has 0 aliphatic heterocycles. The molecular formula is C15H13FN2O5. The van der Waals surface area contributed by atoms with Crippen LogP contribution in [0.4, 0.5) is 10.1 Å². The van der Waals surface area contributed by atoms with Crippen LogP contribution in [0.1, 0.15) is 0 Å². The van der Waals surface area contributed by atoms with Crippen LogP contribution >= 0.6 is 0 Å². The Kier molecular flexibility index (Phi) is 4.75. The summed E-state index contributed by atoms with van der Waals surface area (Å²) >= 11 is 0. The molecule has 1 heterocycles. The number of anilines is 1. The summed E-state index contributed by atoms with van der Waals surface area (Å²) in [4.78, 5) is 37.0. The predicted molar refractivity (Wildman–Crippen MR) is 80.3 cm³/mol. The second kappa shape index (κ2) is 6.73. The van der Waals surface area contributed by atoms with Crippen LogP contribution in [0.2, 0.25) is 0 Å². The van der Waals surface area contributed by atoms with Gasteiger partial charge in [0, 0.05) is 17.3 Å². The van der Waals surface area contributed by atoms with Crippen molar-refractivity contribution in [1.82, 2.24) is 4.98 Å². The average Bonchev–Trinajstić information content (AvgIpc) is 2.56. The summed E-state index contributed by atoms with van der Waals surface area (Å²) in [5, 5.41) is 2.87. The zero-order valence-electron chi connectivity index (χ0n) is 12.3. The first-order valence-electron chi connectivity index (χ1n) is 6.42. The number of rotatable bonds is 4. The van der Waals surface area contributed by atoms with Crippen molar-refractivity contribution in [2.45, 2.75) is 0 Å². The summed E-state index contributed by atoms with van der Waals surface area (Å²) in [7, 11) is 2.31. The molecule has 1 aromatic carbocycles. The normalized spacial score (nSPS) is 11.2. The van der Waals surface area contributed by atoms with E-state index in [-0.39, 0.29) is 16.5 Å². The number of hydrogen-bond donors (Lipinski definition) is 2. The molecule has 0 aliphatic carbocycles. The molecule has 0 saturated heterocycles. The van der Waals surface area contributed by atoms with Crippen molar-refractivity contribution >= 4 is 28.4 Å². The topological polar surface area (TPSA) is 97.5 Å². The van der Waals surface area contributed by atoms with Gasteiger partial charge in [-0.15, -0.1) is 0 Å². The van der Waals surface area contributed by atoms with Crippen LogP contribution in [-0.4, -0.2) is 31.1 Å². The second-order valence-electron chi connectivity index (χ2n) is 4.42. The van der Waals surface area contributed by atoms with Crippen molar-refractivity contribution in [2.24, 2.45) is 0 Å². The maximum atomic E-state index is 13.6. The molecule has 120 valence electrons. The molecule has 8 heteroatoms. The minimum atomic E-state index is -0.802. The van der Waals surface area contributed by atoms with Crippen molar-refractivity contribution in [3.8, 4) is 0 Å². The maximum absolute atomic E-state index is 13.6. The molecule has 0 saturated carbocycles. The number of halogens is 1. The van der Waals surface area contributed by atoms with Crippen LogP contribution in [0.3, 0.4) is 0 Å². The summed E-state index contributed by atoms with van der Waals surface area (Å²) < 4.78 is 22.6. The Morgan fingerprint density at radius 2 is 1.96 bits per heavy atom. The first-order chi connectivity index (χ1) is 11.0. The summed E-state index contributed by atoms with van der Waals surface area (Å²) in [6.07, 6.45) is 1.88. The number of H-pyrrole nitrogens is 1. The van der Waals surface area contributed by atoms with Crippen LogP contribution in [-0.2, 0) is 19.1 Å². The lowest BCUT2D eigenvalue weighted by atomic mass is 10.1. The van der Waals surface area contributed by atoms with Crippen LogP contribution in [0, 0.1) is 5.82 Å². The third kappa shape index (κ3) is 3.54. The molecule has 0 fully saturated rings. The van der Waals surface area contributed by atoms with Crippen LogP contribution in [0.25, 0.3) is 10.8 Å². The molecule has 0 atom stereocenters. The standard InChI is InChI=1S/C15H13FN2O5/c1-22-13(19)6-12(15(21)23-2)18-8-3-4-9-10(5-8)14(20)17-7-11(9)16/h3-7,18H,1-2H3,(H,17,20)/b12-6+. The van der Waals surface area contributed by atoms with E-state index in [9.17, 15) is 18.8 Å². The zero-order chi connectivity index (χ0) is 17.0. The third-order valence-corrected chi connectivity index (χ3v) is 3.00. The van der Waals surface area contributed by atoms with E-state index in [1.54, 1.807) is 0 Å². The van der Waals surface area contributed by atoms with E-state index < -0.39 is 23.3 Å². The molecule has 1 aromatic heterocycles. The number of carbonyl (C=O) groups is 2. The number of methoxy groups -OCH3 is 2. The van der Waals surface area contributed by atoms with E-state index in [0.29, 0.717) is 5.69 Å². The molecule has 0 bridgehead atoms. The quantitative estimate of drug-likeness (QED) is 0.651. The Morgan fingerprint density at radius 3 is 2.61 bits per heavy atom. The molecule has 2 aromatic rings. The third-order valence-electron chi connectivity index (χ3n) is 3.00. The van der Waals surface area contributed by atoms with Gasteiger partial charge in [0.05, 0.1) is 25.7 Å². The highest BCUT2D eigenvalue weighted by molar-refractivity contribution is 5.99. The Hall–Kier alpha value is -3.16. The first kappa shape index (κ1) is 16.2. The number of esters is 2. The minimum Gasteiger partial charge on any atom is -0.466 e. The average molecular weight is 320 g/mol. The highest BCUT2D eigenvalue weighted by Crippen LogP contribution is 2.19. The molecule has 2 N–H and O–H groups in total. The Morgan fingerprint density at radius 1 is 1.22 bits per heavy atom.